The summed E-state index contributed by atoms with van der Waals surface area (Å²) in [5.74, 6) is 0.316. The molecule has 27 heavy (non-hydrogen) atoms. The number of piperazine rings is 1. The van der Waals surface area contributed by atoms with Crippen LogP contribution in [0.4, 0.5) is 0 Å². The third-order valence-electron chi connectivity index (χ3n) is 5.46. The Morgan fingerprint density at radius 3 is 2.41 bits per heavy atom. The van der Waals surface area contributed by atoms with E-state index in [1.807, 2.05) is 40.3 Å². The Morgan fingerprint density at radius 2 is 1.63 bits per heavy atom. The molecule has 2 saturated heterocycles. The molecule has 0 aliphatic carbocycles. The molecule has 0 spiro atoms. The van der Waals surface area contributed by atoms with Gasteiger partial charge in [-0.3, -0.25) is 14.5 Å². The number of benzene rings is 1. The van der Waals surface area contributed by atoms with E-state index in [0.29, 0.717) is 52.4 Å². The van der Waals surface area contributed by atoms with Crippen molar-refractivity contribution in [2.24, 2.45) is 0 Å². The zero-order valence-corrected chi connectivity index (χ0v) is 15.5. The lowest BCUT2D eigenvalue weighted by Gasteiger charge is -2.36. The van der Waals surface area contributed by atoms with Gasteiger partial charge in [0.25, 0.3) is 0 Å². The average Bonchev–Trinajstić information content (AvgIpc) is 3.12. The fraction of sp³-hybridized carbons (Fsp3) is 0.500. The van der Waals surface area contributed by atoms with Gasteiger partial charge >= 0.3 is 0 Å². The summed E-state index contributed by atoms with van der Waals surface area (Å²) in [4.78, 5) is 34.2. The van der Waals surface area contributed by atoms with Crippen LogP contribution in [-0.2, 0) is 20.7 Å². The number of para-hydroxylation sites is 1. The molecule has 144 valence electrons. The SMILES string of the molecule is O=C(Cc1c[nH]c2ccccc12)N1CCN(CC(=O)N2CCOCC2)CC1. The molecule has 7 heteroatoms. The van der Waals surface area contributed by atoms with E-state index < -0.39 is 0 Å². The quantitative estimate of drug-likeness (QED) is 0.861. The molecule has 2 aliphatic heterocycles. The first-order valence-corrected chi connectivity index (χ1v) is 9.61. The Labute approximate surface area is 158 Å². The molecule has 0 atom stereocenters. The number of carbonyl (C=O) groups is 2. The first kappa shape index (κ1) is 18.0. The molecule has 2 aliphatic rings. The molecule has 7 nitrogen and oxygen atoms in total. The molecule has 1 aromatic heterocycles. The molecule has 0 radical (unpaired) electrons. The molecule has 0 unspecified atom stereocenters. The number of morpholine rings is 1. The van der Waals surface area contributed by atoms with Crippen molar-refractivity contribution in [3.63, 3.8) is 0 Å². The highest BCUT2D eigenvalue weighted by atomic mass is 16.5. The van der Waals surface area contributed by atoms with E-state index in [0.717, 1.165) is 29.6 Å². The Balaban J connectivity index is 1.27. The van der Waals surface area contributed by atoms with Gasteiger partial charge in [0.2, 0.25) is 11.8 Å². The van der Waals surface area contributed by atoms with E-state index in [4.69, 9.17) is 4.74 Å². The van der Waals surface area contributed by atoms with Crippen LogP contribution in [0.15, 0.2) is 30.5 Å². The number of ether oxygens (including phenoxy) is 1. The first-order valence-electron chi connectivity index (χ1n) is 9.61. The number of nitrogens with zero attached hydrogens (tertiary/aromatic N) is 3. The van der Waals surface area contributed by atoms with Crippen molar-refractivity contribution in [2.75, 3.05) is 59.0 Å². The second-order valence-electron chi connectivity index (χ2n) is 7.19. The van der Waals surface area contributed by atoms with E-state index in [9.17, 15) is 9.59 Å². The highest BCUT2D eigenvalue weighted by molar-refractivity contribution is 5.89. The highest BCUT2D eigenvalue weighted by Crippen LogP contribution is 2.19. The third-order valence-corrected chi connectivity index (χ3v) is 5.46. The Morgan fingerprint density at radius 1 is 0.926 bits per heavy atom. The lowest BCUT2D eigenvalue weighted by molar-refractivity contribution is -0.137. The van der Waals surface area contributed by atoms with Crippen LogP contribution >= 0.6 is 0 Å². The Hall–Kier alpha value is -2.38. The number of nitrogens with one attached hydrogen (secondary N) is 1. The summed E-state index contributed by atoms with van der Waals surface area (Å²) in [6.45, 7) is 5.90. The summed E-state index contributed by atoms with van der Waals surface area (Å²) in [6, 6.07) is 8.05. The maximum Gasteiger partial charge on any atom is 0.236 e. The minimum absolute atomic E-state index is 0.152. The van der Waals surface area contributed by atoms with Crippen molar-refractivity contribution in [1.82, 2.24) is 19.7 Å². The number of carbonyl (C=O) groups excluding carboxylic acids is 2. The molecule has 2 fully saturated rings. The number of hydrogen-bond acceptors (Lipinski definition) is 4. The van der Waals surface area contributed by atoms with E-state index in [1.165, 1.54) is 0 Å². The van der Waals surface area contributed by atoms with Crippen LogP contribution in [-0.4, -0.2) is 90.5 Å². The van der Waals surface area contributed by atoms with Crippen LogP contribution in [0.1, 0.15) is 5.56 Å². The number of aromatic nitrogens is 1. The molecular weight excluding hydrogens is 344 g/mol. The third kappa shape index (κ3) is 4.14. The van der Waals surface area contributed by atoms with Crippen molar-refractivity contribution in [2.45, 2.75) is 6.42 Å². The predicted octanol–water partition coefficient (Wildman–Crippen LogP) is 0.713. The van der Waals surface area contributed by atoms with Gasteiger partial charge in [-0.1, -0.05) is 18.2 Å². The minimum atomic E-state index is 0.152. The lowest BCUT2D eigenvalue weighted by atomic mass is 10.1. The van der Waals surface area contributed by atoms with Gasteiger partial charge in [-0.05, 0) is 11.6 Å². The van der Waals surface area contributed by atoms with Crippen molar-refractivity contribution in [3.8, 4) is 0 Å². The molecule has 2 amide bonds. The van der Waals surface area contributed by atoms with Crippen molar-refractivity contribution >= 4 is 22.7 Å². The van der Waals surface area contributed by atoms with Gasteiger partial charge in [-0.25, -0.2) is 0 Å². The standard InChI is InChI=1S/C20H26N4O3/c25-19(13-16-14-21-18-4-2-1-3-17(16)18)23-7-5-22(6-8-23)15-20(26)24-9-11-27-12-10-24/h1-4,14,21H,5-13,15H2. The number of aromatic amines is 1. The number of rotatable bonds is 4. The van der Waals surface area contributed by atoms with E-state index >= 15 is 0 Å². The smallest absolute Gasteiger partial charge is 0.236 e. The molecule has 1 N–H and O–H groups in total. The fourth-order valence-electron chi connectivity index (χ4n) is 3.81. The number of amides is 2. The van der Waals surface area contributed by atoms with Crippen LogP contribution in [0, 0.1) is 0 Å². The molecule has 0 bridgehead atoms. The van der Waals surface area contributed by atoms with E-state index in [-0.39, 0.29) is 11.8 Å². The van der Waals surface area contributed by atoms with Gasteiger partial charge in [0.05, 0.1) is 26.2 Å². The monoisotopic (exact) mass is 370 g/mol. The molecule has 2 aromatic rings. The van der Waals surface area contributed by atoms with Crippen molar-refractivity contribution in [1.29, 1.82) is 0 Å². The number of fused-ring (bicyclic) bond motifs is 1. The first-order chi connectivity index (χ1) is 13.2. The maximum atomic E-state index is 12.7. The zero-order chi connectivity index (χ0) is 18.6. The predicted molar refractivity (Wildman–Crippen MR) is 102 cm³/mol. The van der Waals surface area contributed by atoms with Crippen LogP contribution < -0.4 is 0 Å². The van der Waals surface area contributed by atoms with Gasteiger partial charge in [-0.15, -0.1) is 0 Å². The summed E-state index contributed by atoms with van der Waals surface area (Å²) in [7, 11) is 0. The summed E-state index contributed by atoms with van der Waals surface area (Å²) < 4.78 is 5.30. The summed E-state index contributed by atoms with van der Waals surface area (Å²) >= 11 is 0. The van der Waals surface area contributed by atoms with Gasteiger partial charge in [0, 0.05) is 56.4 Å². The fourth-order valence-corrected chi connectivity index (χ4v) is 3.81. The van der Waals surface area contributed by atoms with E-state index in [1.54, 1.807) is 0 Å². The van der Waals surface area contributed by atoms with E-state index in [2.05, 4.69) is 9.88 Å². The van der Waals surface area contributed by atoms with Gasteiger partial charge < -0.3 is 19.5 Å². The number of H-pyrrole nitrogens is 1. The molecule has 4 rings (SSSR count). The van der Waals surface area contributed by atoms with Crippen molar-refractivity contribution < 1.29 is 14.3 Å². The summed E-state index contributed by atoms with van der Waals surface area (Å²) in [5, 5.41) is 1.11. The Bertz CT molecular complexity index is 804. The van der Waals surface area contributed by atoms with Crippen LogP contribution in [0.5, 0.6) is 0 Å². The topological polar surface area (TPSA) is 68.9 Å². The van der Waals surface area contributed by atoms with Gasteiger partial charge in [0.1, 0.15) is 0 Å². The molecular formula is C20H26N4O3. The zero-order valence-electron chi connectivity index (χ0n) is 15.5. The average molecular weight is 370 g/mol. The maximum absolute atomic E-state index is 12.7. The van der Waals surface area contributed by atoms with Crippen LogP contribution in [0.3, 0.4) is 0 Å². The molecule has 0 saturated carbocycles. The summed E-state index contributed by atoms with van der Waals surface area (Å²) in [5.41, 5.74) is 2.10. The van der Waals surface area contributed by atoms with Gasteiger partial charge in [-0.2, -0.15) is 0 Å². The lowest BCUT2D eigenvalue weighted by Crippen LogP contribution is -2.52. The van der Waals surface area contributed by atoms with Crippen molar-refractivity contribution in [3.05, 3.63) is 36.0 Å². The van der Waals surface area contributed by atoms with Crippen LogP contribution in [0.25, 0.3) is 10.9 Å². The number of hydrogen-bond donors (Lipinski definition) is 1. The molecule has 1 aromatic carbocycles. The van der Waals surface area contributed by atoms with Crippen LogP contribution in [0.2, 0.25) is 0 Å². The normalized spacial score (nSPS) is 18.8. The Kier molecular flexibility index (Phi) is 5.40. The largest absolute Gasteiger partial charge is 0.378 e. The minimum Gasteiger partial charge on any atom is -0.378 e. The highest BCUT2D eigenvalue weighted by Gasteiger charge is 2.25. The van der Waals surface area contributed by atoms with Gasteiger partial charge in [0.15, 0.2) is 0 Å². The second kappa shape index (κ2) is 8.10. The summed E-state index contributed by atoms with van der Waals surface area (Å²) in [6.07, 6.45) is 2.34. The molecule has 3 heterocycles. The second-order valence-corrected chi connectivity index (χ2v) is 7.19.